The van der Waals surface area contributed by atoms with E-state index in [1.165, 1.54) is 0 Å². The fourth-order valence-corrected chi connectivity index (χ4v) is 4.06. The van der Waals surface area contributed by atoms with Crippen LogP contribution >= 0.6 is 0 Å². The largest absolute Gasteiger partial charge is 0.464 e. The number of alkyl carbamates (subject to hydrolysis) is 1. The van der Waals surface area contributed by atoms with Gasteiger partial charge in [0, 0.05) is 14.5 Å². The molecule has 2 atom stereocenters. The van der Waals surface area contributed by atoms with Crippen LogP contribution < -0.4 is 10.6 Å². The number of carbonyl (C=O) groups excluding carboxylic acids is 4. The Bertz CT molecular complexity index is 908. The van der Waals surface area contributed by atoms with Crippen molar-refractivity contribution in [2.45, 2.75) is 104 Å². The highest BCUT2D eigenvalue weighted by Crippen LogP contribution is 2.13. The zero-order valence-electron chi connectivity index (χ0n) is 24.2. The molecule has 0 radical (unpaired) electrons. The first-order valence-electron chi connectivity index (χ1n) is 13.2. The molecule has 0 aliphatic rings. The first kappa shape index (κ1) is 33.1. The quantitative estimate of drug-likeness (QED) is 0.194. The Kier molecular flexibility index (Phi) is 13.5. The standard InChI is InChI=1S/C28H46N2O7Si/c1-20(2)18-23(30-27(34)36-19-21-12-10-9-11-13-21)25(32)29-22(14-15-24(31)37-28(3,4)5)26(33)35-16-17-38(6,7)8/h9-13,20,22-23H,14-19H2,1-8H3,(H,29,32)(H,30,34)/t22-,23-/m0/s1. The van der Waals surface area contributed by atoms with Gasteiger partial charge in [-0.15, -0.1) is 0 Å². The summed E-state index contributed by atoms with van der Waals surface area (Å²) < 4.78 is 16.1. The topological polar surface area (TPSA) is 120 Å². The van der Waals surface area contributed by atoms with Crippen molar-refractivity contribution in [3.05, 3.63) is 35.9 Å². The molecule has 1 aromatic rings. The lowest BCUT2D eigenvalue weighted by molar-refractivity contribution is -0.155. The van der Waals surface area contributed by atoms with Gasteiger partial charge in [-0.25, -0.2) is 9.59 Å². The van der Waals surface area contributed by atoms with Crippen LogP contribution in [0.15, 0.2) is 30.3 Å². The van der Waals surface area contributed by atoms with Gasteiger partial charge in [-0.05, 0) is 51.1 Å². The summed E-state index contributed by atoms with van der Waals surface area (Å²) in [6.45, 7) is 15.9. The summed E-state index contributed by atoms with van der Waals surface area (Å²) in [5, 5.41) is 5.30. The molecule has 0 aliphatic heterocycles. The molecule has 0 bridgehead atoms. The van der Waals surface area contributed by atoms with Gasteiger partial charge in [0.15, 0.2) is 0 Å². The van der Waals surface area contributed by atoms with Gasteiger partial charge in [0.05, 0.1) is 6.61 Å². The number of carbonyl (C=O) groups is 4. The van der Waals surface area contributed by atoms with E-state index in [1.54, 1.807) is 20.8 Å². The predicted octanol–water partition coefficient (Wildman–Crippen LogP) is 4.82. The van der Waals surface area contributed by atoms with Crippen LogP contribution in [-0.4, -0.2) is 56.3 Å². The highest BCUT2D eigenvalue weighted by Gasteiger charge is 2.30. The number of esters is 2. The Labute approximate surface area is 228 Å². The Morgan fingerprint density at radius 1 is 0.921 bits per heavy atom. The lowest BCUT2D eigenvalue weighted by atomic mass is 10.0. The molecule has 1 rings (SSSR count). The first-order valence-corrected chi connectivity index (χ1v) is 16.9. The Morgan fingerprint density at radius 3 is 2.11 bits per heavy atom. The van der Waals surface area contributed by atoms with E-state index in [4.69, 9.17) is 14.2 Å². The average Bonchev–Trinajstić information content (AvgIpc) is 2.78. The molecule has 2 amide bonds. The van der Waals surface area contributed by atoms with Crippen LogP contribution in [0.3, 0.4) is 0 Å². The maximum absolute atomic E-state index is 13.2. The van der Waals surface area contributed by atoms with Gasteiger partial charge < -0.3 is 24.8 Å². The monoisotopic (exact) mass is 550 g/mol. The van der Waals surface area contributed by atoms with Crippen molar-refractivity contribution in [1.82, 2.24) is 10.6 Å². The predicted molar refractivity (Wildman–Crippen MR) is 149 cm³/mol. The Hall–Kier alpha value is -2.88. The normalized spacial score (nSPS) is 13.3. The molecule has 0 fully saturated rings. The summed E-state index contributed by atoms with van der Waals surface area (Å²) in [5.41, 5.74) is 0.149. The van der Waals surface area contributed by atoms with Crippen LogP contribution in [0.1, 0.15) is 59.4 Å². The number of ether oxygens (including phenoxy) is 3. The highest BCUT2D eigenvalue weighted by atomic mass is 28.3. The van der Waals surface area contributed by atoms with Crippen molar-refractivity contribution >= 4 is 32.0 Å². The number of rotatable bonds is 14. The molecule has 1 aromatic carbocycles. The summed E-state index contributed by atoms with van der Waals surface area (Å²) >= 11 is 0. The second-order valence-electron chi connectivity index (χ2n) is 12.1. The molecule has 38 heavy (non-hydrogen) atoms. The molecule has 0 unspecified atom stereocenters. The van der Waals surface area contributed by atoms with Crippen LogP contribution in [0.25, 0.3) is 0 Å². The van der Waals surface area contributed by atoms with Crippen molar-refractivity contribution < 1.29 is 33.4 Å². The van der Waals surface area contributed by atoms with Crippen molar-refractivity contribution in [2.24, 2.45) is 5.92 Å². The fraction of sp³-hybridized carbons (Fsp3) is 0.643. The van der Waals surface area contributed by atoms with E-state index in [2.05, 4.69) is 30.3 Å². The van der Waals surface area contributed by atoms with E-state index in [1.807, 2.05) is 44.2 Å². The Morgan fingerprint density at radius 2 is 1.55 bits per heavy atom. The van der Waals surface area contributed by atoms with Crippen molar-refractivity contribution in [3.63, 3.8) is 0 Å². The second kappa shape index (κ2) is 15.5. The van der Waals surface area contributed by atoms with E-state index in [0.29, 0.717) is 6.42 Å². The summed E-state index contributed by atoms with van der Waals surface area (Å²) in [7, 11) is -1.44. The second-order valence-corrected chi connectivity index (χ2v) is 17.7. The summed E-state index contributed by atoms with van der Waals surface area (Å²) in [6, 6.07) is 7.98. The van der Waals surface area contributed by atoms with Crippen molar-refractivity contribution in [2.75, 3.05) is 6.61 Å². The van der Waals surface area contributed by atoms with Gasteiger partial charge >= 0.3 is 18.0 Å². The van der Waals surface area contributed by atoms with Crippen molar-refractivity contribution in [3.8, 4) is 0 Å². The number of hydrogen-bond acceptors (Lipinski definition) is 7. The third-order valence-corrected chi connectivity index (χ3v) is 6.99. The molecule has 10 heteroatoms. The minimum atomic E-state index is -1.44. The molecule has 0 heterocycles. The zero-order chi connectivity index (χ0) is 28.9. The number of amides is 2. The molecule has 9 nitrogen and oxygen atoms in total. The van der Waals surface area contributed by atoms with Gasteiger partial charge in [-0.3, -0.25) is 9.59 Å². The molecule has 2 N–H and O–H groups in total. The SMILES string of the molecule is CC(C)C[C@H](NC(=O)OCc1ccccc1)C(=O)N[C@@H](CCC(=O)OC(C)(C)C)C(=O)OCC[Si](C)(C)C. The van der Waals surface area contributed by atoms with Crippen LogP contribution in [-0.2, 0) is 35.2 Å². The van der Waals surface area contributed by atoms with E-state index in [0.717, 1.165) is 11.6 Å². The summed E-state index contributed by atoms with van der Waals surface area (Å²) in [4.78, 5) is 50.8. The van der Waals surface area contributed by atoms with E-state index >= 15 is 0 Å². The molecule has 0 spiro atoms. The van der Waals surface area contributed by atoms with Crippen LogP contribution in [0, 0.1) is 5.92 Å². The summed E-state index contributed by atoms with van der Waals surface area (Å²) in [5.74, 6) is -1.57. The summed E-state index contributed by atoms with van der Waals surface area (Å²) in [6.07, 6.45) is -0.473. The van der Waals surface area contributed by atoms with E-state index in [9.17, 15) is 19.2 Å². The molecule has 0 aromatic heterocycles. The lowest BCUT2D eigenvalue weighted by Gasteiger charge is -2.24. The molecule has 214 valence electrons. The van der Waals surface area contributed by atoms with Crippen molar-refractivity contribution in [1.29, 1.82) is 0 Å². The van der Waals surface area contributed by atoms with E-state index < -0.39 is 49.7 Å². The lowest BCUT2D eigenvalue weighted by Crippen LogP contribution is -2.52. The van der Waals surface area contributed by atoms with Crippen LogP contribution in [0.4, 0.5) is 4.79 Å². The smallest absolute Gasteiger partial charge is 0.408 e. The van der Waals surface area contributed by atoms with Crippen LogP contribution in [0.2, 0.25) is 25.7 Å². The minimum absolute atomic E-state index is 0.0132. The van der Waals surface area contributed by atoms with Gasteiger partial charge in [-0.1, -0.05) is 63.8 Å². The third kappa shape index (κ3) is 15.4. The molecule has 0 saturated heterocycles. The number of hydrogen-bond donors (Lipinski definition) is 2. The first-order chi connectivity index (χ1) is 17.6. The molecular weight excluding hydrogens is 504 g/mol. The van der Waals surface area contributed by atoms with Gasteiger partial charge in [-0.2, -0.15) is 0 Å². The number of nitrogens with one attached hydrogen (secondary N) is 2. The van der Waals surface area contributed by atoms with Gasteiger partial charge in [0.1, 0.15) is 24.3 Å². The molecule has 0 saturated carbocycles. The highest BCUT2D eigenvalue weighted by molar-refractivity contribution is 6.76. The van der Waals surface area contributed by atoms with Gasteiger partial charge in [0.25, 0.3) is 0 Å². The third-order valence-electron chi connectivity index (χ3n) is 5.28. The maximum atomic E-state index is 13.2. The minimum Gasteiger partial charge on any atom is -0.464 e. The maximum Gasteiger partial charge on any atom is 0.408 e. The molecule has 0 aliphatic carbocycles. The van der Waals surface area contributed by atoms with E-state index in [-0.39, 0.29) is 32.0 Å². The number of benzene rings is 1. The average molecular weight is 551 g/mol. The molecular formula is C28H46N2O7Si. The zero-order valence-corrected chi connectivity index (χ0v) is 25.2. The van der Waals surface area contributed by atoms with Crippen LogP contribution in [0.5, 0.6) is 0 Å². The van der Waals surface area contributed by atoms with Gasteiger partial charge in [0.2, 0.25) is 5.91 Å². The fourth-order valence-electron chi connectivity index (χ4n) is 3.34. The Balaban J connectivity index is 2.88.